The summed E-state index contributed by atoms with van der Waals surface area (Å²) in [7, 11) is 0. The van der Waals surface area contributed by atoms with Gasteiger partial charge in [-0.3, -0.25) is 4.79 Å². The lowest BCUT2D eigenvalue weighted by atomic mass is 10.1. The largest absolute Gasteiger partial charge is 0.507 e. The van der Waals surface area contributed by atoms with Crippen LogP contribution in [-0.4, -0.2) is 34.1 Å². The summed E-state index contributed by atoms with van der Waals surface area (Å²) in [5.74, 6) is -0.943. The number of carbonyl (C=O) groups is 1. The fourth-order valence-corrected chi connectivity index (χ4v) is 1.46. The molecular weight excluding hydrogens is 218 g/mol. The molecular formula is C13H15NO3. The van der Waals surface area contributed by atoms with Gasteiger partial charge >= 0.3 is 0 Å². The number of hydrogen-bond donors (Lipinski definition) is 2. The Morgan fingerprint density at radius 1 is 1.18 bits per heavy atom. The number of aromatic hydroxyl groups is 2. The molecule has 90 valence electrons. The van der Waals surface area contributed by atoms with E-state index in [-0.39, 0.29) is 17.1 Å². The highest BCUT2D eigenvalue weighted by Crippen LogP contribution is 2.27. The Hall–Kier alpha value is -2.23. The maximum atomic E-state index is 12.1. The van der Waals surface area contributed by atoms with Crippen LogP contribution in [0, 0.1) is 0 Å². The second kappa shape index (κ2) is 5.75. The molecule has 0 spiro atoms. The SMILES string of the molecule is C=CCN(CC=C)C(=O)c1c(O)cccc1O. The van der Waals surface area contributed by atoms with Crippen LogP contribution in [-0.2, 0) is 0 Å². The van der Waals surface area contributed by atoms with Gasteiger partial charge in [-0.1, -0.05) is 18.2 Å². The Morgan fingerprint density at radius 3 is 2.06 bits per heavy atom. The molecule has 0 radical (unpaired) electrons. The van der Waals surface area contributed by atoms with Gasteiger partial charge in [-0.25, -0.2) is 0 Å². The second-order valence-corrected chi connectivity index (χ2v) is 3.46. The van der Waals surface area contributed by atoms with Crippen molar-refractivity contribution in [3.63, 3.8) is 0 Å². The quantitative estimate of drug-likeness (QED) is 0.764. The lowest BCUT2D eigenvalue weighted by molar-refractivity contribution is 0.0784. The van der Waals surface area contributed by atoms with E-state index >= 15 is 0 Å². The zero-order valence-corrected chi connectivity index (χ0v) is 9.47. The number of phenols is 2. The summed E-state index contributed by atoms with van der Waals surface area (Å²) < 4.78 is 0. The first kappa shape index (κ1) is 12.8. The van der Waals surface area contributed by atoms with Gasteiger partial charge in [-0.15, -0.1) is 13.2 Å². The first-order valence-corrected chi connectivity index (χ1v) is 5.13. The Labute approximate surface area is 100 Å². The second-order valence-electron chi connectivity index (χ2n) is 3.46. The summed E-state index contributed by atoms with van der Waals surface area (Å²) in [6.45, 7) is 7.74. The minimum atomic E-state index is -0.458. The van der Waals surface area contributed by atoms with E-state index in [1.165, 1.54) is 23.1 Å². The zero-order valence-electron chi connectivity index (χ0n) is 9.47. The molecule has 4 nitrogen and oxygen atoms in total. The predicted molar refractivity (Wildman–Crippen MR) is 66.1 cm³/mol. The van der Waals surface area contributed by atoms with E-state index in [0.29, 0.717) is 13.1 Å². The van der Waals surface area contributed by atoms with Crippen LogP contribution < -0.4 is 0 Å². The van der Waals surface area contributed by atoms with Crippen molar-refractivity contribution in [1.29, 1.82) is 0 Å². The van der Waals surface area contributed by atoms with Crippen LogP contribution >= 0.6 is 0 Å². The van der Waals surface area contributed by atoms with Crippen molar-refractivity contribution in [2.75, 3.05) is 13.1 Å². The van der Waals surface area contributed by atoms with Gasteiger partial charge in [-0.05, 0) is 12.1 Å². The standard InChI is InChI=1S/C13H15NO3/c1-3-8-14(9-4-2)13(17)12-10(15)6-5-7-11(12)16/h3-7,15-16H,1-2,8-9H2. The van der Waals surface area contributed by atoms with E-state index in [0.717, 1.165) is 0 Å². The highest BCUT2D eigenvalue weighted by molar-refractivity contribution is 5.99. The lowest BCUT2D eigenvalue weighted by Crippen LogP contribution is -2.31. The molecule has 0 aliphatic rings. The van der Waals surface area contributed by atoms with Crippen LogP contribution in [0.25, 0.3) is 0 Å². The minimum Gasteiger partial charge on any atom is -0.507 e. The lowest BCUT2D eigenvalue weighted by Gasteiger charge is -2.20. The monoisotopic (exact) mass is 233 g/mol. The van der Waals surface area contributed by atoms with Crippen molar-refractivity contribution >= 4 is 5.91 Å². The highest BCUT2D eigenvalue weighted by atomic mass is 16.3. The summed E-state index contributed by atoms with van der Waals surface area (Å²) in [5, 5.41) is 19.2. The number of hydrogen-bond acceptors (Lipinski definition) is 3. The third-order valence-corrected chi connectivity index (χ3v) is 2.22. The summed E-state index contributed by atoms with van der Waals surface area (Å²) in [4.78, 5) is 13.5. The number of rotatable bonds is 5. The van der Waals surface area contributed by atoms with E-state index < -0.39 is 5.91 Å². The Balaban J connectivity index is 3.08. The van der Waals surface area contributed by atoms with Crippen molar-refractivity contribution in [3.8, 4) is 11.5 Å². The van der Waals surface area contributed by atoms with E-state index in [9.17, 15) is 15.0 Å². The van der Waals surface area contributed by atoms with Gasteiger partial charge in [0.1, 0.15) is 17.1 Å². The molecule has 0 bridgehead atoms. The molecule has 1 amide bonds. The normalized spacial score (nSPS) is 9.65. The Kier molecular flexibility index (Phi) is 4.34. The van der Waals surface area contributed by atoms with E-state index in [2.05, 4.69) is 13.2 Å². The number of amides is 1. The number of carbonyl (C=O) groups excluding carboxylic acids is 1. The van der Waals surface area contributed by atoms with Crippen molar-refractivity contribution in [3.05, 3.63) is 49.1 Å². The molecule has 0 unspecified atom stereocenters. The smallest absolute Gasteiger partial charge is 0.261 e. The van der Waals surface area contributed by atoms with Gasteiger partial charge in [0.15, 0.2) is 0 Å². The Bertz CT molecular complexity index is 410. The maximum Gasteiger partial charge on any atom is 0.261 e. The van der Waals surface area contributed by atoms with Crippen molar-refractivity contribution in [2.45, 2.75) is 0 Å². The van der Waals surface area contributed by atoms with Crippen LogP contribution in [0.3, 0.4) is 0 Å². The van der Waals surface area contributed by atoms with Gasteiger partial charge in [0.2, 0.25) is 0 Å². The molecule has 0 saturated carbocycles. The van der Waals surface area contributed by atoms with Crippen LogP contribution in [0.4, 0.5) is 0 Å². The van der Waals surface area contributed by atoms with Gasteiger partial charge in [0, 0.05) is 13.1 Å². The van der Waals surface area contributed by atoms with E-state index in [1.54, 1.807) is 12.2 Å². The first-order chi connectivity index (χ1) is 8.11. The molecule has 0 heterocycles. The molecule has 2 N–H and O–H groups in total. The molecule has 0 fully saturated rings. The third kappa shape index (κ3) is 2.87. The third-order valence-electron chi connectivity index (χ3n) is 2.22. The average molecular weight is 233 g/mol. The molecule has 1 aromatic carbocycles. The summed E-state index contributed by atoms with van der Waals surface area (Å²) in [6.07, 6.45) is 3.14. The van der Waals surface area contributed by atoms with Crippen molar-refractivity contribution < 1.29 is 15.0 Å². The van der Waals surface area contributed by atoms with Gasteiger partial charge in [0.25, 0.3) is 5.91 Å². The van der Waals surface area contributed by atoms with Crippen LogP contribution in [0.2, 0.25) is 0 Å². The topological polar surface area (TPSA) is 60.8 Å². The minimum absolute atomic E-state index is 0.101. The molecule has 0 aliphatic carbocycles. The molecule has 17 heavy (non-hydrogen) atoms. The van der Waals surface area contributed by atoms with E-state index in [1.807, 2.05) is 0 Å². The molecule has 4 heteroatoms. The molecule has 0 aliphatic heterocycles. The van der Waals surface area contributed by atoms with Gasteiger partial charge in [0.05, 0.1) is 0 Å². The van der Waals surface area contributed by atoms with Crippen molar-refractivity contribution in [1.82, 2.24) is 4.90 Å². The van der Waals surface area contributed by atoms with Gasteiger partial charge < -0.3 is 15.1 Å². The summed E-state index contributed by atoms with van der Waals surface area (Å²) >= 11 is 0. The summed E-state index contributed by atoms with van der Waals surface area (Å²) in [5.41, 5.74) is -0.101. The van der Waals surface area contributed by atoms with Gasteiger partial charge in [-0.2, -0.15) is 0 Å². The number of phenolic OH excluding ortho intramolecular Hbond substituents is 2. The highest BCUT2D eigenvalue weighted by Gasteiger charge is 2.20. The zero-order chi connectivity index (χ0) is 12.8. The Morgan fingerprint density at radius 2 is 1.65 bits per heavy atom. The van der Waals surface area contributed by atoms with Crippen LogP contribution in [0.5, 0.6) is 11.5 Å². The molecule has 1 rings (SSSR count). The fraction of sp³-hybridized carbons (Fsp3) is 0.154. The number of nitrogens with zero attached hydrogens (tertiary/aromatic N) is 1. The average Bonchev–Trinajstić information content (AvgIpc) is 2.28. The fourth-order valence-electron chi connectivity index (χ4n) is 1.46. The maximum absolute atomic E-state index is 12.1. The molecule has 1 aromatic rings. The van der Waals surface area contributed by atoms with E-state index in [4.69, 9.17) is 0 Å². The molecule has 0 atom stereocenters. The first-order valence-electron chi connectivity index (χ1n) is 5.13. The molecule has 0 aromatic heterocycles. The predicted octanol–water partition coefficient (Wildman–Crippen LogP) is 1.91. The summed E-state index contributed by atoms with van der Waals surface area (Å²) in [6, 6.07) is 4.17. The van der Waals surface area contributed by atoms with Crippen LogP contribution in [0.15, 0.2) is 43.5 Å². The molecule has 0 saturated heterocycles. The van der Waals surface area contributed by atoms with Crippen molar-refractivity contribution in [2.24, 2.45) is 0 Å². The van der Waals surface area contributed by atoms with Crippen LogP contribution in [0.1, 0.15) is 10.4 Å². The number of benzene rings is 1.